The smallest absolute Gasteiger partial charge is 0.410 e. The lowest BCUT2D eigenvalue weighted by molar-refractivity contribution is -0.917. The van der Waals surface area contributed by atoms with Crippen molar-refractivity contribution in [2.24, 2.45) is 0 Å². The van der Waals surface area contributed by atoms with Crippen LogP contribution in [-0.4, -0.2) is 66.4 Å². The molecule has 0 radical (unpaired) electrons. The standard InChI is InChI=1S/C18H27N3O4/c1-6-25-18(24)21-9-7-20(8-10-21)13(4)17(23)16-11(2)15(14(5)22)12(3)19-16/h13,19H,6-10H2,1-5H3/p+1/t13-/m0/s1. The zero-order chi connectivity index (χ0) is 18.7. The number of Topliss-reactive ketones (excluding diaryl/α,β-unsaturated/α-hetero) is 2. The van der Waals surface area contributed by atoms with Gasteiger partial charge in [0.05, 0.1) is 38.5 Å². The van der Waals surface area contributed by atoms with Gasteiger partial charge in [0, 0.05) is 11.3 Å². The van der Waals surface area contributed by atoms with Crippen molar-refractivity contribution in [3.8, 4) is 0 Å². The zero-order valence-corrected chi connectivity index (χ0v) is 15.7. The molecule has 7 heteroatoms. The Bertz CT molecular complexity index is 672. The van der Waals surface area contributed by atoms with E-state index in [2.05, 4.69) is 4.98 Å². The van der Waals surface area contributed by atoms with Crippen LogP contribution in [0.4, 0.5) is 4.79 Å². The molecule has 2 N–H and O–H groups in total. The molecule has 0 aliphatic carbocycles. The summed E-state index contributed by atoms with van der Waals surface area (Å²) < 4.78 is 5.02. The van der Waals surface area contributed by atoms with Crippen molar-refractivity contribution in [2.45, 2.75) is 40.7 Å². The third kappa shape index (κ3) is 3.92. The first-order chi connectivity index (χ1) is 11.8. The first-order valence-corrected chi connectivity index (χ1v) is 8.78. The minimum Gasteiger partial charge on any atom is -0.450 e. The maximum Gasteiger partial charge on any atom is 0.410 e. The minimum absolute atomic E-state index is 0.00712. The summed E-state index contributed by atoms with van der Waals surface area (Å²) in [5, 5.41) is 0. The summed E-state index contributed by atoms with van der Waals surface area (Å²) in [6.07, 6.45) is -0.289. The third-order valence-corrected chi connectivity index (χ3v) is 4.97. The van der Waals surface area contributed by atoms with Gasteiger partial charge in [0.2, 0.25) is 5.78 Å². The van der Waals surface area contributed by atoms with E-state index in [4.69, 9.17) is 4.74 Å². The molecular weight excluding hydrogens is 322 g/mol. The number of aromatic amines is 1. The number of hydrogen-bond acceptors (Lipinski definition) is 4. The molecule has 1 amide bonds. The molecule has 1 aromatic rings. The number of amides is 1. The maximum absolute atomic E-state index is 12.9. The van der Waals surface area contributed by atoms with E-state index in [9.17, 15) is 14.4 Å². The van der Waals surface area contributed by atoms with Crippen LogP contribution < -0.4 is 4.90 Å². The molecule has 1 saturated heterocycles. The minimum atomic E-state index is -0.289. The Morgan fingerprint density at radius 3 is 2.32 bits per heavy atom. The van der Waals surface area contributed by atoms with Crippen LogP contribution in [0.15, 0.2) is 0 Å². The molecule has 2 rings (SSSR count). The number of carbonyl (C=O) groups excluding carboxylic acids is 3. The Hall–Kier alpha value is -2.15. The van der Waals surface area contributed by atoms with Gasteiger partial charge in [-0.3, -0.25) is 14.5 Å². The summed E-state index contributed by atoms with van der Waals surface area (Å²) in [4.78, 5) is 42.3. The lowest BCUT2D eigenvalue weighted by atomic mass is 10.0. The molecule has 0 aromatic carbocycles. The first kappa shape index (κ1) is 19.2. The van der Waals surface area contributed by atoms with E-state index >= 15 is 0 Å². The molecule has 0 spiro atoms. The first-order valence-electron chi connectivity index (χ1n) is 8.78. The summed E-state index contributed by atoms with van der Waals surface area (Å²) in [7, 11) is 0. The molecule has 0 bridgehead atoms. The molecule has 25 heavy (non-hydrogen) atoms. The van der Waals surface area contributed by atoms with Crippen molar-refractivity contribution >= 4 is 17.7 Å². The van der Waals surface area contributed by atoms with Crippen LogP contribution in [-0.2, 0) is 4.74 Å². The number of nitrogens with zero attached hydrogens (tertiary/aromatic N) is 1. The van der Waals surface area contributed by atoms with Gasteiger partial charge in [-0.05, 0) is 40.2 Å². The molecule has 1 atom stereocenters. The van der Waals surface area contributed by atoms with Crippen molar-refractivity contribution in [1.29, 1.82) is 0 Å². The normalized spacial score (nSPS) is 16.6. The van der Waals surface area contributed by atoms with Gasteiger partial charge in [0.1, 0.15) is 0 Å². The van der Waals surface area contributed by atoms with Crippen LogP contribution in [0.1, 0.15) is 52.9 Å². The number of ketones is 2. The molecule has 1 fully saturated rings. The number of ether oxygens (including phenoxy) is 1. The molecule has 0 saturated carbocycles. The molecule has 7 nitrogen and oxygen atoms in total. The lowest BCUT2D eigenvalue weighted by Crippen LogP contribution is -3.18. The summed E-state index contributed by atoms with van der Waals surface area (Å²) in [6, 6.07) is -0.235. The number of quaternary nitrogens is 1. The molecular formula is C18H28N3O4+. The second-order valence-electron chi connectivity index (χ2n) is 6.61. The Morgan fingerprint density at radius 2 is 1.84 bits per heavy atom. The SMILES string of the molecule is CCOC(=O)N1CC[NH+]([C@@H](C)C(=O)c2[nH]c(C)c(C(C)=O)c2C)CC1. The van der Waals surface area contributed by atoms with Crippen LogP contribution in [0.2, 0.25) is 0 Å². The van der Waals surface area contributed by atoms with E-state index < -0.39 is 0 Å². The number of carbonyl (C=O) groups is 3. The van der Waals surface area contributed by atoms with Crippen molar-refractivity contribution in [2.75, 3.05) is 32.8 Å². The molecule has 1 aliphatic heterocycles. The zero-order valence-electron chi connectivity index (χ0n) is 15.7. The predicted molar refractivity (Wildman–Crippen MR) is 93.4 cm³/mol. The van der Waals surface area contributed by atoms with E-state index in [1.807, 2.05) is 20.8 Å². The Balaban J connectivity index is 2.06. The summed E-state index contributed by atoms with van der Waals surface area (Å²) in [6.45, 7) is 11.8. The quantitative estimate of drug-likeness (QED) is 0.768. The van der Waals surface area contributed by atoms with E-state index in [1.165, 1.54) is 6.92 Å². The number of aryl methyl sites for hydroxylation is 1. The van der Waals surface area contributed by atoms with Gasteiger partial charge in [0.25, 0.3) is 0 Å². The van der Waals surface area contributed by atoms with E-state index in [-0.39, 0.29) is 23.7 Å². The van der Waals surface area contributed by atoms with Crippen LogP contribution in [0, 0.1) is 13.8 Å². The Kier molecular flexibility index (Phi) is 6.00. The van der Waals surface area contributed by atoms with E-state index in [1.54, 1.807) is 11.8 Å². The van der Waals surface area contributed by atoms with Crippen molar-refractivity contribution < 1.29 is 24.0 Å². The summed E-state index contributed by atoms with van der Waals surface area (Å²) >= 11 is 0. The molecule has 1 aromatic heterocycles. The second-order valence-corrected chi connectivity index (χ2v) is 6.61. The highest BCUT2D eigenvalue weighted by Crippen LogP contribution is 2.19. The van der Waals surface area contributed by atoms with Crippen LogP contribution in [0.25, 0.3) is 0 Å². The highest BCUT2D eigenvalue weighted by molar-refractivity contribution is 6.04. The van der Waals surface area contributed by atoms with Crippen LogP contribution in [0.5, 0.6) is 0 Å². The average Bonchev–Trinajstić information content (AvgIpc) is 2.88. The Morgan fingerprint density at radius 1 is 1.24 bits per heavy atom. The van der Waals surface area contributed by atoms with Crippen molar-refractivity contribution in [3.63, 3.8) is 0 Å². The third-order valence-electron chi connectivity index (χ3n) is 4.97. The van der Waals surface area contributed by atoms with Gasteiger partial charge in [-0.1, -0.05) is 0 Å². The van der Waals surface area contributed by atoms with Gasteiger partial charge in [-0.15, -0.1) is 0 Å². The fraction of sp³-hybridized carbons (Fsp3) is 0.611. The number of nitrogens with one attached hydrogen (secondary N) is 2. The van der Waals surface area contributed by atoms with E-state index in [0.717, 1.165) is 16.2 Å². The molecule has 138 valence electrons. The second kappa shape index (κ2) is 7.82. The fourth-order valence-corrected chi connectivity index (χ4v) is 3.55. The van der Waals surface area contributed by atoms with Crippen molar-refractivity contribution in [1.82, 2.24) is 9.88 Å². The van der Waals surface area contributed by atoms with Gasteiger partial charge >= 0.3 is 6.09 Å². The molecule has 0 unspecified atom stereocenters. The average molecular weight is 350 g/mol. The summed E-state index contributed by atoms with van der Waals surface area (Å²) in [5.41, 5.74) is 2.60. The number of H-pyrrole nitrogens is 1. The number of aromatic nitrogens is 1. The molecule has 2 heterocycles. The van der Waals surface area contributed by atoms with Crippen LogP contribution in [0.3, 0.4) is 0 Å². The summed E-state index contributed by atoms with van der Waals surface area (Å²) in [5.74, 6) is -0.0268. The van der Waals surface area contributed by atoms with Gasteiger partial charge in [0.15, 0.2) is 11.8 Å². The number of rotatable bonds is 5. The van der Waals surface area contributed by atoms with E-state index in [0.29, 0.717) is 44.0 Å². The lowest BCUT2D eigenvalue weighted by Gasteiger charge is -2.34. The van der Waals surface area contributed by atoms with Gasteiger partial charge in [-0.2, -0.15) is 0 Å². The molecule has 1 aliphatic rings. The Labute approximate surface area is 148 Å². The predicted octanol–water partition coefficient (Wildman–Crippen LogP) is 0.762. The fourth-order valence-electron chi connectivity index (χ4n) is 3.55. The van der Waals surface area contributed by atoms with Gasteiger partial charge in [-0.25, -0.2) is 4.79 Å². The van der Waals surface area contributed by atoms with Gasteiger partial charge < -0.3 is 14.6 Å². The van der Waals surface area contributed by atoms with Crippen LogP contribution >= 0.6 is 0 Å². The van der Waals surface area contributed by atoms with Crippen molar-refractivity contribution in [3.05, 3.63) is 22.5 Å². The highest BCUT2D eigenvalue weighted by Gasteiger charge is 2.33. The largest absolute Gasteiger partial charge is 0.450 e. The monoisotopic (exact) mass is 350 g/mol. The number of piperazine rings is 1. The topological polar surface area (TPSA) is 83.9 Å². The maximum atomic E-state index is 12.9. The highest BCUT2D eigenvalue weighted by atomic mass is 16.6. The number of hydrogen-bond donors (Lipinski definition) is 2.